The molecule has 7 N–H and O–H groups in total. The van der Waals surface area contributed by atoms with Crippen molar-refractivity contribution in [2.75, 3.05) is 0 Å². The second-order valence-corrected chi connectivity index (χ2v) is 6.05. The van der Waals surface area contributed by atoms with Crippen molar-refractivity contribution in [3.63, 3.8) is 0 Å². The number of aliphatic hydroxyl groups excluding tert-OH is 2. The number of aromatic amines is 1. The normalized spacial score (nSPS) is 30.8. The highest BCUT2D eigenvalue weighted by Gasteiger charge is 2.55. The topological polar surface area (TPSA) is 173 Å². The van der Waals surface area contributed by atoms with Gasteiger partial charge < -0.3 is 31.5 Å². The van der Waals surface area contributed by atoms with Crippen LogP contribution in [-0.2, 0) is 4.74 Å². The summed E-state index contributed by atoms with van der Waals surface area (Å²) in [5.41, 5.74) is 5.19. The van der Waals surface area contributed by atoms with Gasteiger partial charge in [0.25, 0.3) is 5.95 Å². The number of hydrogen-bond donors (Lipinski definition) is 5. The molecule has 0 spiro atoms. The lowest BCUT2D eigenvalue weighted by atomic mass is 9.90. The third kappa shape index (κ3) is 2.58. The van der Waals surface area contributed by atoms with Gasteiger partial charge in [-0.1, -0.05) is 28.5 Å². The number of aliphatic hydroxyl groups is 2. The van der Waals surface area contributed by atoms with E-state index in [1.165, 1.54) is 17.8 Å². The molecule has 1 fully saturated rings. The van der Waals surface area contributed by atoms with E-state index in [2.05, 4.69) is 31.2 Å². The fourth-order valence-corrected chi connectivity index (χ4v) is 3.01. The lowest BCUT2D eigenvalue weighted by molar-refractivity contribution is -0.0756. The van der Waals surface area contributed by atoms with Crippen molar-refractivity contribution in [3.8, 4) is 12.3 Å². The predicted octanol–water partition coefficient (Wildman–Crippen LogP) is -0.584. The number of rotatable bonds is 3. The van der Waals surface area contributed by atoms with Crippen LogP contribution in [0.2, 0.25) is 0 Å². The molecule has 132 valence electrons. The summed E-state index contributed by atoms with van der Waals surface area (Å²) in [4.78, 5) is 11.1. The number of terminal acetylenes is 1. The Hall–Kier alpha value is -2.43. The van der Waals surface area contributed by atoms with Crippen molar-refractivity contribution < 1.29 is 14.9 Å². The van der Waals surface area contributed by atoms with Crippen LogP contribution >= 0.6 is 12.2 Å². The number of fused-ring (bicyclic) bond motifs is 1. The van der Waals surface area contributed by atoms with Crippen molar-refractivity contribution in [1.82, 2.24) is 19.5 Å². The lowest BCUT2D eigenvalue weighted by Crippen LogP contribution is -2.54. The number of ether oxygens (including phenoxy) is 1. The molecule has 0 radical (unpaired) electrons. The standard InChI is InChI=1S/C13H16N8O3S/c1-3-13(14)8(23)7(5(2)22)24-11(13)21-4-16-6-9(21)17-12(19-20-15)18-10(6)25/h1,4-5,7-8,11,22-23H,14H2,2H3,(H3,15,17,18,19,25)/t5-,7?,8?,11-,13-/m1/s1. The molecular formula is C13H16N8O3S. The molecule has 2 aromatic rings. The van der Waals surface area contributed by atoms with Gasteiger partial charge in [0.1, 0.15) is 22.4 Å². The van der Waals surface area contributed by atoms with E-state index in [1.54, 1.807) is 0 Å². The molecule has 2 aromatic heterocycles. The average molecular weight is 364 g/mol. The molecule has 0 saturated carbocycles. The summed E-state index contributed by atoms with van der Waals surface area (Å²) in [7, 11) is 0. The summed E-state index contributed by atoms with van der Waals surface area (Å²) in [5.74, 6) is 7.44. The minimum atomic E-state index is -1.62. The van der Waals surface area contributed by atoms with Gasteiger partial charge in [-0.2, -0.15) is 4.98 Å². The van der Waals surface area contributed by atoms with Crippen molar-refractivity contribution in [2.45, 2.75) is 37.0 Å². The van der Waals surface area contributed by atoms with Gasteiger partial charge in [0.2, 0.25) is 0 Å². The van der Waals surface area contributed by atoms with E-state index in [9.17, 15) is 10.2 Å². The summed E-state index contributed by atoms with van der Waals surface area (Å²) in [6, 6.07) is 0. The molecule has 0 amide bonds. The molecule has 0 bridgehead atoms. The van der Waals surface area contributed by atoms with Crippen LogP contribution < -0.4 is 11.6 Å². The number of nitrogens with zero attached hydrogens (tertiary/aromatic N) is 5. The second kappa shape index (κ2) is 6.14. The van der Waals surface area contributed by atoms with Crippen molar-refractivity contribution in [3.05, 3.63) is 11.0 Å². The van der Waals surface area contributed by atoms with Crippen LogP contribution in [0, 0.1) is 17.0 Å². The van der Waals surface area contributed by atoms with Crippen LogP contribution in [0.1, 0.15) is 13.2 Å². The van der Waals surface area contributed by atoms with Gasteiger partial charge in [-0.05, 0) is 6.92 Å². The predicted molar refractivity (Wildman–Crippen MR) is 88.8 cm³/mol. The largest absolute Gasteiger partial charge is 0.391 e. The van der Waals surface area contributed by atoms with Gasteiger partial charge in [0, 0.05) is 0 Å². The lowest BCUT2D eigenvalue weighted by Gasteiger charge is -2.27. The number of nitrogens with one attached hydrogen (secondary N) is 1. The number of imidazole rings is 1. The van der Waals surface area contributed by atoms with Crippen LogP contribution in [-0.4, -0.2) is 53.6 Å². The summed E-state index contributed by atoms with van der Waals surface area (Å²) in [6.45, 7) is 1.47. The Bertz CT molecular complexity index is 931. The number of aromatic nitrogens is 4. The third-order valence-electron chi connectivity index (χ3n) is 4.05. The third-order valence-corrected chi connectivity index (χ3v) is 4.34. The quantitative estimate of drug-likeness (QED) is 0.158. The Morgan fingerprint density at radius 1 is 1.64 bits per heavy atom. The summed E-state index contributed by atoms with van der Waals surface area (Å²) in [6.07, 6.45) is 2.60. The van der Waals surface area contributed by atoms with Gasteiger partial charge in [-0.25, -0.2) is 4.98 Å². The number of nitrogens with two attached hydrogens (primary N) is 2. The minimum Gasteiger partial charge on any atom is -0.391 e. The first kappa shape index (κ1) is 17.4. The summed E-state index contributed by atoms with van der Waals surface area (Å²) < 4.78 is 7.41. The first-order chi connectivity index (χ1) is 11.8. The van der Waals surface area contributed by atoms with Crippen LogP contribution in [0.5, 0.6) is 0 Å². The van der Waals surface area contributed by atoms with Crippen molar-refractivity contribution in [1.29, 1.82) is 0 Å². The summed E-state index contributed by atoms with van der Waals surface area (Å²) >= 11 is 5.20. The zero-order valence-electron chi connectivity index (χ0n) is 13.1. The average Bonchev–Trinajstić information content (AvgIpc) is 3.09. The van der Waals surface area contributed by atoms with Crippen molar-refractivity contribution in [2.24, 2.45) is 21.9 Å². The van der Waals surface area contributed by atoms with Crippen LogP contribution in [0.15, 0.2) is 16.7 Å². The van der Waals surface area contributed by atoms with E-state index in [0.29, 0.717) is 5.52 Å². The summed E-state index contributed by atoms with van der Waals surface area (Å²) in [5, 5.41) is 27.0. The van der Waals surface area contributed by atoms with E-state index >= 15 is 0 Å². The number of H-pyrrole nitrogens is 1. The molecule has 0 aliphatic carbocycles. The maximum atomic E-state index is 10.4. The molecule has 12 heteroatoms. The Kier molecular flexibility index (Phi) is 4.27. The molecule has 3 rings (SSSR count). The molecule has 2 unspecified atom stereocenters. The minimum absolute atomic E-state index is 0.0516. The van der Waals surface area contributed by atoms with Crippen LogP contribution in [0.25, 0.3) is 11.2 Å². The monoisotopic (exact) mass is 364 g/mol. The SMILES string of the molecule is C#C[C@@]1(N)C(O)C([C@@H](C)O)O[C@H]1n1cnc2c(=S)[nH]c(N=NN)nc21. The van der Waals surface area contributed by atoms with Crippen molar-refractivity contribution >= 4 is 29.3 Å². The molecule has 5 atom stereocenters. The molecule has 25 heavy (non-hydrogen) atoms. The van der Waals surface area contributed by atoms with E-state index in [-0.39, 0.29) is 16.2 Å². The zero-order chi connectivity index (χ0) is 18.4. The molecule has 0 aromatic carbocycles. The highest BCUT2D eigenvalue weighted by atomic mass is 32.1. The zero-order valence-corrected chi connectivity index (χ0v) is 13.9. The Labute approximate surface area is 146 Å². The fraction of sp³-hybridized carbons (Fsp3) is 0.462. The first-order valence-corrected chi connectivity index (χ1v) is 7.60. The van der Waals surface area contributed by atoms with Gasteiger partial charge in [0.15, 0.2) is 17.4 Å². The first-order valence-electron chi connectivity index (χ1n) is 7.19. The van der Waals surface area contributed by atoms with Gasteiger partial charge >= 0.3 is 0 Å². The van der Waals surface area contributed by atoms with E-state index < -0.39 is 30.1 Å². The van der Waals surface area contributed by atoms with Gasteiger partial charge in [-0.3, -0.25) is 4.57 Å². The smallest absolute Gasteiger partial charge is 0.251 e. The molecule has 1 saturated heterocycles. The molecule has 3 heterocycles. The maximum absolute atomic E-state index is 10.4. The fourth-order valence-electron chi connectivity index (χ4n) is 2.77. The van der Waals surface area contributed by atoms with Gasteiger partial charge in [-0.15, -0.1) is 6.42 Å². The highest BCUT2D eigenvalue weighted by Crippen LogP contribution is 2.39. The Morgan fingerprint density at radius 2 is 2.36 bits per heavy atom. The Morgan fingerprint density at radius 3 is 2.96 bits per heavy atom. The maximum Gasteiger partial charge on any atom is 0.251 e. The van der Waals surface area contributed by atoms with E-state index in [0.717, 1.165) is 0 Å². The van der Waals surface area contributed by atoms with Crippen LogP contribution in [0.3, 0.4) is 0 Å². The molecule has 1 aliphatic rings. The second-order valence-electron chi connectivity index (χ2n) is 5.64. The van der Waals surface area contributed by atoms with Gasteiger partial charge in [0.05, 0.1) is 12.4 Å². The molecule has 1 aliphatic heterocycles. The van der Waals surface area contributed by atoms with Crippen LogP contribution in [0.4, 0.5) is 5.95 Å². The molecule has 11 nitrogen and oxygen atoms in total. The number of hydrogen-bond acceptors (Lipinski definition) is 9. The van der Waals surface area contributed by atoms with E-state index in [4.69, 9.17) is 35.0 Å². The highest BCUT2D eigenvalue weighted by molar-refractivity contribution is 7.71. The van der Waals surface area contributed by atoms with E-state index in [1.807, 2.05) is 0 Å². The molecular weight excluding hydrogens is 348 g/mol. The Balaban J connectivity index is 2.18.